The third-order valence-corrected chi connectivity index (χ3v) is 7.67. The number of nitrogens with two attached hydrogens (primary N) is 1. The van der Waals surface area contributed by atoms with Crippen LogP contribution in [0.5, 0.6) is 0 Å². The van der Waals surface area contributed by atoms with Gasteiger partial charge in [0.05, 0.1) is 13.1 Å². The van der Waals surface area contributed by atoms with Crippen molar-refractivity contribution in [3.63, 3.8) is 0 Å². The summed E-state index contributed by atoms with van der Waals surface area (Å²) in [7, 11) is 0. The first-order valence-corrected chi connectivity index (χ1v) is 14.0. The molecule has 0 heterocycles. The van der Waals surface area contributed by atoms with Gasteiger partial charge >= 0.3 is 6.03 Å². The molecule has 2 amide bonds. The van der Waals surface area contributed by atoms with Gasteiger partial charge in [-0.05, 0) is 43.7 Å². The monoisotopic (exact) mass is 667 g/mol. The maximum Gasteiger partial charge on any atom is 0.319 e. The topological polar surface area (TPSA) is 46.3 Å². The van der Waals surface area contributed by atoms with Crippen molar-refractivity contribution in [2.45, 2.75) is 39.8 Å². The second-order valence-corrected chi connectivity index (χ2v) is 11.1. The van der Waals surface area contributed by atoms with Gasteiger partial charge in [-0.2, -0.15) is 0 Å². The zero-order valence-corrected chi connectivity index (χ0v) is 26.3. The summed E-state index contributed by atoms with van der Waals surface area (Å²) in [6.07, 6.45) is 1.77. The summed E-state index contributed by atoms with van der Waals surface area (Å²) in [6.45, 7) is 8.51. The average molecular weight is 668 g/mol. The van der Waals surface area contributed by atoms with Crippen molar-refractivity contribution >= 4 is 23.3 Å². The SMILES string of the molecule is Cc1ccc(C[N+](CCCN(C(N)=O)c2ccccc2)(CCc2ccc(Cl)cc2)Cc2ccc(C)cc2)cc1.[I-]. The van der Waals surface area contributed by atoms with Gasteiger partial charge in [0.1, 0.15) is 13.1 Å². The van der Waals surface area contributed by atoms with Crippen molar-refractivity contribution in [3.05, 3.63) is 136 Å². The van der Waals surface area contributed by atoms with E-state index in [2.05, 4.69) is 74.5 Å². The Morgan fingerprint density at radius 2 is 1.23 bits per heavy atom. The van der Waals surface area contributed by atoms with Gasteiger partial charge in [0.25, 0.3) is 0 Å². The first kappa shape index (κ1) is 31.7. The highest BCUT2D eigenvalue weighted by Crippen LogP contribution is 2.24. The molecule has 0 aliphatic rings. The number of quaternary nitrogens is 1. The van der Waals surface area contributed by atoms with Gasteiger partial charge in [-0.1, -0.05) is 102 Å². The number of rotatable bonds is 12. The van der Waals surface area contributed by atoms with Crippen LogP contribution in [-0.4, -0.2) is 30.1 Å². The molecule has 4 nitrogen and oxygen atoms in total. The quantitative estimate of drug-likeness (QED) is 0.173. The predicted octanol–water partition coefficient (Wildman–Crippen LogP) is 4.70. The molecule has 0 aliphatic heterocycles. The number of hydrogen-bond acceptors (Lipinski definition) is 1. The van der Waals surface area contributed by atoms with Gasteiger partial charge in [0.15, 0.2) is 0 Å². The molecule has 0 unspecified atom stereocenters. The summed E-state index contributed by atoms with van der Waals surface area (Å²) in [5, 5.41) is 0.756. The molecule has 4 aromatic rings. The van der Waals surface area contributed by atoms with Gasteiger partial charge in [-0.3, -0.25) is 4.90 Å². The van der Waals surface area contributed by atoms with E-state index in [-0.39, 0.29) is 24.0 Å². The highest BCUT2D eigenvalue weighted by Gasteiger charge is 2.29. The van der Waals surface area contributed by atoms with Crippen LogP contribution in [0.4, 0.5) is 10.5 Å². The van der Waals surface area contributed by atoms with E-state index in [4.69, 9.17) is 17.3 Å². The van der Waals surface area contributed by atoms with Crippen LogP contribution in [0.3, 0.4) is 0 Å². The summed E-state index contributed by atoms with van der Waals surface area (Å²) < 4.78 is 0.871. The van der Waals surface area contributed by atoms with Crippen LogP contribution >= 0.6 is 11.6 Å². The van der Waals surface area contributed by atoms with E-state index in [1.807, 2.05) is 42.5 Å². The van der Waals surface area contributed by atoms with Crippen LogP contribution < -0.4 is 34.6 Å². The van der Waals surface area contributed by atoms with E-state index in [1.54, 1.807) is 4.90 Å². The minimum Gasteiger partial charge on any atom is -1.00 e. The number of nitrogens with zero attached hydrogens (tertiary/aromatic N) is 2. The van der Waals surface area contributed by atoms with Crippen LogP contribution in [0.25, 0.3) is 0 Å². The fourth-order valence-corrected chi connectivity index (χ4v) is 5.33. The smallest absolute Gasteiger partial charge is 0.319 e. The van der Waals surface area contributed by atoms with Crippen molar-refractivity contribution in [3.8, 4) is 0 Å². The maximum absolute atomic E-state index is 12.4. The molecule has 4 aromatic carbocycles. The standard InChI is InChI=1S/C34H38ClN3O.HI/c1-27-9-13-30(14-10-27)25-38(26-31-15-11-28(2)12-16-31,24-21-29-17-19-32(35)20-18-29)23-6-22-37(34(36)39)33-7-4-3-5-8-33;/h3-5,7-20H,6,21-26H2,1-2H3,(H-,36,39);1H. The summed E-state index contributed by atoms with van der Waals surface area (Å²) in [6, 6.07) is 35.2. The molecule has 0 saturated carbocycles. The van der Waals surface area contributed by atoms with Crippen molar-refractivity contribution in [2.24, 2.45) is 5.73 Å². The Bertz CT molecular complexity index is 1280. The van der Waals surface area contributed by atoms with E-state index in [0.717, 1.165) is 54.2 Å². The van der Waals surface area contributed by atoms with Gasteiger partial charge in [-0.15, -0.1) is 0 Å². The van der Waals surface area contributed by atoms with E-state index in [0.29, 0.717) is 6.54 Å². The molecule has 0 fully saturated rings. The largest absolute Gasteiger partial charge is 1.00 e. The summed E-state index contributed by atoms with van der Waals surface area (Å²) in [4.78, 5) is 14.1. The second-order valence-electron chi connectivity index (χ2n) is 10.6. The van der Waals surface area contributed by atoms with E-state index < -0.39 is 6.03 Å². The third kappa shape index (κ3) is 9.36. The van der Waals surface area contributed by atoms with Gasteiger partial charge in [-0.25, -0.2) is 4.79 Å². The molecule has 0 spiro atoms. The average Bonchev–Trinajstić information content (AvgIpc) is 2.94. The number of carbonyl (C=O) groups is 1. The molecule has 0 aromatic heterocycles. The number of para-hydroxylation sites is 1. The Morgan fingerprint density at radius 1 is 0.725 bits per heavy atom. The molecule has 4 rings (SSSR count). The molecular formula is C34H39ClIN3O. The molecule has 210 valence electrons. The van der Waals surface area contributed by atoms with Crippen LogP contribution in [0.2, 0.25) is 5.02 Å². The molecule has 2 N–H and O–H groups in total. The van der Waals surface area contributed by atoms with E-state index in [1.165, 1.54) is 27.8 Å². The fourth-order valence-electron chi connectivity index (χ4n) is 5.20. The maximum atomic E-state index is 12.4. The number of hydrogen-bond donors (Lipinski definition) is 1. The lowest BCUT2D eigenvalue weighted by atomic mass is 10.0. The molecule has 0 atom stereocenters. The molecule has 6 heteroatoms. The van der Waals surface area contributed by atoms with Crippen molar-refractivity contribution in [2.75, 3.05) is 24.5 Å². The number of carbonyl (C=O) groups excluding carboxylic acids is 1. The Balaban J connectivity index is 0.00000441. The van der Waals surface area contributed by atoms with Gasteiger partial charge < -0.3 is 34.2 Å². The summed E-state index contributed by atoms with van der Waals surface area (Å²) >= 11 is 6.17. The molecular weight excluding hydrogens is 629 g/mol. The van der Waals surface area contributed by atoms with Crippen molar-refractivity contribution in [1.29, 1.82) is 0 Å². The summed E-state index contributed by atoms with van der Waals surface area (Å²) in [5.41, 5.74) is 13.1. The second kappa shape index (κ2) is 15.2. The minimum atomic E-state index is -0.419. The zero-order chi connectivity index (χ0) is 27.7. The molecule has 0 radical (unpaired) electrons. The number of urea groups is 1. The highest BCUT2D eigenvalue weighted by atomic mass is 127. The molecule has 0 saturated heterocycles. The van der Waals surface area contributed by atoms with Crippen LogP contribution in [-0.2, 0) is 19.5 Å². The van der Waals surface area contributed by atoms with Crippen LogP contribution in [0.1, 0.15) is 34.2 Å². The lowest BCUT2D eigenvalue weighted by molar-refractivity contribution is -0.953. The summed E-state index contributed by atoms with van der Waals surface area (Å²) in [5.74, 6) is 0. The van der Waals surface area contributed by atoms with E-state index >= 15 is 0 Å². The van der Waals surface area contributed by atoms with Crippen molar-refractivity contribution in [1.82, 2.24) is 0 Å². The Hall–Kier alpha value is -2.87. The Labute approximate surface area is 261 Å². The first-order chi connectivity index (χ1) is 18.8. The third-order valence-electron chi connectivity index (χ3n) is 7.41. The van der Waals surface area contributed by atoms with Crippen LogP contribution in [0.15, 0.2) is 103 Å². The Morgan fingerprint density at radius 3 is 1.73 bits per heavy atom. The predicted molar refractivity (Wildman–Crippen MR) is 163 cm³/mol. The number of halogens is 2. The number of benzene rings is 4. The lowest BCUT2D eigenvalue weighted by Crippen LogP contribution is -3.00. The van der Waals surface area contributed by atoms with Gasteiger partial charge in [0, 0.05) is 41.2 Å². The Kier molecular flexibility index (Phi) is 12.0. The molecule has 0 aliphatic carbocycles. The van der Waals surface area contributed by atoms with Crippen molar-refractivity contribution < 1.29 is 33.3 Å². The number of primary amides is 1. The number of amides is 2. The fraction of sp³-hybridized carbons (Fsp3) is 0.265. The van der Waals surface area contributed by atoms with Gasteiger partial charge in [0.2, 0.25) is 0 Å². The molecule has 40 heavy (non-hydrogen) atoms. The van der Waals surface area contributed by atoms with E-state index in [9.17, 15) is 4.79 Å². The number of aryl methyl sites for hydroxylation is 2. The zero-order valence-electron chi connectivity index (χ0n) is 23.4. The molecule has 0 bridgehead atoms. The van der Waals surface area contributed by atoms with Crippen LogP contribution in [0, 0.1) is 13.8 Å². The minimum absolute atomic E-state index is 0. The number of anilines is 1. The lowest BCUT2D eigenvalue weighted by Gasteiger charge is -2.40. The normalized spacial score (nSPS) is 11.1. The highest BCUT2D eigenvalue weighted by molar-refractivity contribution is 6.30. The first-order valence-electron chi connectivity index (χ1n) is 13.6.